The maximum Gasteiger partial charge on any atom is 0.254 e. The molecule has 1 saturated heterocycles. The van der Waals surface area contributed by atoms with Crippen LogP contribution in [0.5, 0.6) is 0 Å². The summed E-state index contributed by atoms with van der Waals surface area (Å²) in [6, 6.07) is 4.27. The van der Waals surface area contributed by atoms with Gasteiger partial charge in [0.25, 0.3) is 5.91 Å². The number of amides is 1. The summed E-state index contributed by atoms with van der Waals surface area (Å²) in [5.41, 5.74) is 2.87. The molecule has 124 valence electrons. The van der Waals surface area contributed by atoms with Crippen molar-refractivity contribution in [3.05, 3.63) is 41.7 Å². The van der Waals surface area contributed by atoms with Gasteiger partial charge in [-0.25, -0.2) is 0 Å². The van der Waals surface area contributed by atoms with Crippen molar-refractivity contribution >= 4 is 33.1 Å². The van der Waals surface area contributed by atoms with Gasteiger partial charge in [-0.2, -0.15) is 5.10 Å². The van der Waals surface area contributed by atoms with Crippen molar-refractivity contribution in [2.75, 3.05) is 18.0 Å². The third-order valence-corrected chi connectivity index (χ3v) is 5.31. The molecule has 4 rings (SSSR count). The number of carbonyl (C=O) groups is 1. The van der Waals surface area contributed by atoms with Gasteiger partial charge < -0.3 is 10.2 Å². The summed E-state index contributed by atoms with van der Waals surface area (Å²) in [4.78, 5) is 19.1. The van der Waals surface area contributed by atoms with Gasteiger partial charge in [0.2, 0.25) is 0 Å². The first-order valence-electron chi connectivity index (χ1n) is 8.07. The molecule has 1 N–H and O–H groups in total. The van der Waals surface area contributed by atoms with E-state index in [9.17, 15) is 4.79 Å². The van der Waals surface area contributed by atoms with Crippen LogP contribution in [0.15, 0.2) is 36.1 Å². The number of hydrogen-bond acceptors (Lipinski definition) is 5. The normalized spacial score (nSPS) is 18.0. The van der Waals surface area contributed by atoms with Crippen LogP contribution in [0.3, 0.4) is 0 Å². The molecule has 0 aliphatic carbocycles. The van der Waals surface area contributed by atoms with Crippen molar-refractivity contribution in [3.63, 3.8) is 0 Å². The fraction of sp³-hybridized carbons (Fsp3) is 0.353. The summed E-state index contributed by atoms with van der Waals surface area (Å²) in [6.45, 7) is 1.83. The lowest BCUT2D eigenvalue weighted by molar-refractivity contribution is 0.0933. The molecule has 1 aliphatic rings. The van der Waals surface area contributed by atoms with Crippen LogP contribution in [0, 0.1) is 0 Å². The number of anilines is 1. The van der Waals surface area contributed by atoms with Gasteiger partial charge in [-0.1, -0.05) is 0 Å². The fourth-order valence-electron chi connectivity index (χ4n) is 3.23. The second kappa shape index (κ2) is 6.24. The number of pyridine rings is 1. The van der Waals surface area contributed by atoms with E-state index >= 15 is 0 Å². The van der Waals surface area contributed by atoms with Crippen LogP contribution < -0.4 is 10.2 Å². The molecule has 3 aromatic heterocycles. The highest BCUT2D eigenvalue weighted by Gasteiger charge is 2.23. The van der Waals surface area contributed by atoms with Crippen LogP contribution in [-0.4, -0.2) is 39.8 Å². The minimum absolute atomic E-state index is 0.0500. The van der Waals surface area contributed by atoms with Gasteiger partial charge in [-0.15, -0.1) is 11.3 Å². The summed E-state index contributed by atoms with van der Waals surface area (Å²) in [5.74, 6) is -0.0500. The van der Waals surface area contributed by atoms with E-state index in [1.807, 2.05) is 13.2 Å². The molecule has 1 aliphatic heterocycles. The highest BCUT2D eigenvalue weighted by atomic mass is 32.1. The first-order valence-corrected chi connectivity index (χ1v) is 8.95. The zero-order valence-corrected chi connectivity index (χ0v) is 14.3. The maximum atomic E-state index is 12.3. The standard InChI is InChI=1S/C17H19N5OS/c1-21-10-12(9-19-21)17(23)20-13-3-2-7-22(11-13)15-4-6-18-14-5-8-24-16(14)15/h4-6,8-10,13H,2-3,7,11H2,1H3,(H,20,23). The van der Waals surface area contributed by atoms with E-state index in [1.165, 1.54) is 10.4 Å². The van der Waals surface area contributed by atoms with Crippen molar-refractivity contribution in [1.29, 1.82) is 0 Å². The molecule has 0 saturated carbocycles. The predicted molar refractivity (Wildman–Crippen MR) is 95.5 cm³/mol. The molecule has 0 aromatic carbocycles. The summed E-state index contributed by atoms with van der Waals surface area (Å²) in [6.07, 6.45) is 7.28. The number of rotatable bonds is 3. The summed E-state index contributed by atoms with van der Waals surface area (Å²) in [7, 11) is 1.81. The van der Waals surface area contributed by atoms with Crippen molar-refractivity contribution in [1.82, 2.24) is 20.1 Å². The number of nitrogens with one attached hydrogen (secondary N) is 1. The van der Waals surface area contributed by atoms with E-state index in [4.69, 9.17) is 0 Å². The van der Waals surface area contributed by atoms with E-state index < -0.39 is 0 Å². The lowest BCUT2D eigenvalue weighted by Gasteiger charge is -2.34. The van der Waals surface area contributed by atoms with Crippen LogP contribution in [0.1, 0.15) is 23.2 Å². The van der Waals surface area contributed by atoms with Crippen molar-refractivity contribution in [2.45, 2.75) is 18.9 Å². The predicted octanol–water partition coefficient (Wildman–Crippen LogP) is 2.43. The van der Waals surface area contributed by atoms with Gasteiger partial charge >= 0.3 is 0 Å². The lowest BCUT2D eigenvalue weighted by atomic mass is 10.0. The molecule has 1 atom stereocenters. The lowest BCUT2D eigenvalue weighted by Crippen LogP contribution is -2.47. The molecule has 0 bridgehead atoms. The number of aryl methyl sites for hydroxylation is 1. The molecule has 24 heavy (non-hydrogen) atoms. The summed E-state index contributed by atoms with van der Waals surface area (Å²) in [5, 5.41) is 9.28. The number of hydrogen-bond donors (Lipinski definition) is 1. The summed E-state index contributed by atoms with van der Waals surface area (Å²) < 4.78 is 2.86. The molecule has 1 unspecified atom stereocenters. The molecule has 1 fully saturated rings. The van der Waals surface area contributed by atoms with Crippen LogP contribution >= 0.6 is 11.3 Å². The molecular formula is C17H19N5OS. The third-order valence-electron chi connectivity index (χ3n) is 4.39. The average Bonchev–Trinajstić information content (AvgIpc) is 3.23. The van der Waals surface area contributed by atoms with E-state index in [0.717, 1.165) is 31.4 Å². The van der Waals surface area contributed by atoms with Crippen LogP contribution in [0.2, 0.25) is 0 Å². The largest absolute Gasteiger partial charge is 0.368 e. The first-order chi connectivity index (χ1) is 11.7. The van der Waals surface area contributed by atoms with Gasteiger partial charge in [0.05, 0.1) is 27.7 Å². The SMILES string of the molecule is Cn1cc(C(=O)NC2CCCN(c3ccnc4ccsc34)C2)cn1. The number of aromatic nitrogens is 3. The Bertz CT molecular complexity index is 871. The van der Waals surface area contributed by atoms with Crippen molar-refractivity contribution in [2.24, 2.45) is 7.05 Å². The molecular weight excluding hydrogens is 322 g/mol. The monoisotopic (exact) mass is 341 g/mol. The Balaban J connectivity index is 1.49. The molecule has 1 amide bonds. The smallest absolute Gasteiger partial charge is 0.254 e. The van der Waals surface area contributed by atoms with Gasteiger partial charge in [-0.05, 0) is 30.4 Å². The molecule has 6 nitrogen and oxygen atoms in total. The van der Waals surface area contributed by atoms with E-state index in [0.29, 0.717) is 5.56 Å². The fourth-order valence-corrected chi connectivity index (χ4v) is 4.12. The molecule has 3 aromatic rings. The van der Waals surface area contributed by atoms with E-state index in [-0.39, 0.29) is 11.9 Å². The second-order valence-corrected chi connectivity index (χ2v) is 7.04. The van der Waals surface area contributed by atoms with Gasteiger partial charge in [-0.3, -0.25) is 14.5 Å². The zero-order chi connectivity index (χ0) is 16.5. The van der Waals surface area contributed by atoms with E-state index in [2.05, 4.69) is 37.8 Å². The highest BCUT2D eigenvalue weighted by Crippen LogP contribution is 2.31. The topological polar surface area (TPSA) is 63.1 Å². The zero-order valence-electron chi connectivity index (χ0n) is 13.5. The summed E-state index contributed by atoms with van der Waals surface area (Å²) >= 11 is 1.72. The molecule has 0 radical (unpaired) electrons. The molecule has 4 heterocycles. The number of nitrogens with zero attached hydrogens (tertiary/aromatic N) is 4. The van der Waals surface area contributed by atoms with Gasteiger partial charge in [0.1, 0.15) is 0 Å². The molecule has 7 heteroatoms. The first kappa shape index (κ1) is 15.1. The Morgan fingerprint density at radius 3 is 3.17 bits per heavy atom. The third kappa shape index (κ3) is 2.87. The number of piperidine rings is 1. The Kier molecular flexibility index (Phi) is 3.93. The maximum absolute atomic E-state index is 12.3. The van der Waals surface area contributed by atoms with E-state index in [1.54, 1.807) is 28.4 Å². The number of carbonyl (C=O) groups excluding carboxylic acids is 1. The quantitative estimate of drug-likeness (QED) is 0.795. The molecule has 0 spiro atoms. The number of fused-ring (bicyclic) bond motifs is 1. The minimum atomic E-state index is -0.0500. The minimum Gasteiger partial charge on any atom is -0.368 e. The Morgan fingerprint density at radius 2 is 2.33 bits per heavy atom. The highest BCUT2D eigenvalue weighted by molar-refractivity contribution is 7.17. The van der Waals surface area contributed by atoms with Crippen LogP contribution in [0.25, 0.3) is 10.2 Å². The van der Waals surface area contributed by atoms with Crippen molar-refractivity contribution in [3.8, 4) is 0 Å². The Labute approximate surface area is 144 Å². The average molecular weight is 341 g/mol. The Morgan fingerprint density at radius 1 is 1.42 bits per heavy atom. The Hall–Kier alpha value is -2.41. The number of thiophene rings is 1. The van der Waals surface area contributed by atoms with Crippen molar-refractivity contribution < 1.29 is 4.79 Å². The van der Waals surface area contributed by atoms with Crippen LogP contribution in [-0.2, 0) is 7.05 Å². The second-order valence-electron chi connectivity index (χ2n) is 6.13. The van der Waals surface area contributed by atoms with Crippen LogP contribution in [0.4, 0.5) is 5.69 Å². The van der Waals surface area contributed by atoms with Gasteiger partial charge in [0, 0.05) is 38.6 Å². The van der Waals surface area contributed by atoms with Gasteiger partial charge in [0.15, 0.2) is 0 Å².